The number of benzene rings is 2. The van der Waals surface area contributed by atoms with E-state index in [-0.39, 0.29) is 12.3 Å². The molecule has 0 aliphatic carbocycles. The predicted octanol–water partition coefficient (Wildman–Crippen LogP) is 2.85. The highest BCUT2D eigenvalue weighted by molar-refractivity contribution is 5.70. The van der Waals surface area contributed by atoms with Gasteiger partial charge in [-0.05, 0) is 46.7 Å². The van der Waals surface area contributed by atoms with Crippen molar-refractivity contribution in [3.05, 3.63) is 81.8 Å². The Labute approximate surface area is 178 Å². The fourth-order valence-electron chi connectivity index (χ4n) is 3.75. The van der Waals surface area contributed by atoms with Gasteiger partial charge in [-0.15, -0.1) is 0 Å². The summed E-state index contributed by atoms with van der Waals surface area (Å²) in [6, 6.07) is 17.5. The van der Waals surface area contributed by atoms with E-state index < -0.39 is 0 Å². The van der Waals surface area contributed by atoms with Crippen molar-refractivity contribution in [3.63, 3.8) is 0 Å². The number of fused-ring (bicyclic) bond motifs is 1. The van der Waals surface area contributed by atoms with Gasteiger partial charge in [0.1, 0.15) is 12.4 Å². The van der Waals surface area contributed by atoms with E-state index in [4.69, 9.17) is 9.47 Å². The van der Waals surface area contributed by atoms with Gasteiger partial charge in [0, 0.05) is 30.7 Å². The van der Waals surface area contributed by atoms with Gasteiger partial charge in [-0.3, -0.25) is 0 Å². The van der Waals surface area contributed by atoms with E-state index in [2.05, 4.69) is 21.5 Å². The average Bonchev–Trinajstić information content (AvgIpc) is 3.39. The Kier molecular flexibility index (Phi) is 4.74. The Morgan fingerprint density at radius 2 is 1.90 bits per heavy atom. The molecule has 0 atom stereocenters. The monoisotopic (exact) mass is 415 g/mol. The highest BCUT2D eigenvalue weighted by Crippen LogP contribution is 2.36. The number of aryl methyl sites for hydroxylation is 2. The summed E-state index contributed by atoms with van der Waals surface area (Å²) < 4.78 is 14.3. The average molecular weight is 415 g/mol. The molecule has 0 unspecified atom stereocenters. The van der Waals surface area contributed by atoms with Crippen molar-refractivity contribution in [2.24, 2.45) is 7.05 Å². The number of pyridine rings is 1. The summed E-state index contributed by atoms with van der Waals surface area (Å²) in [6.45, 7) is 2.91. The molecular formula is C23H21N5O3. The highest BCUT2D eigenvalue weighted by Gasteiger charge is 2.18. The molecular weight excluding hydrogens is 394 g/mol. The van der Waals surface area contributed by atoms with Crippen LogP contribution in [0.2, 0.25) is 0 Å². The lowest BCUT2D eigenvalue weighted by atomic mass is 10.1. The maximum atomic E-state index is 12.3. The minimum atomic E-state index is -0.315. The van der Waals surface area contributed by atoms with E-state index in [0.717, 1.165) is 34.6 Å². The SMILES string of the molecule is Cc1cccc(-n2nnn(C)c2=O)c1COc1cccc(-c2cccc3c2OCC3)n1. The lowest BCUT2D eigenvalue weighted by Crippen LogP contribution is -2.23. The third-order valence-electron chi connectivity index (χ3n) is 5.41. The highest BCUT2D eigenvalue weighted by atomic mass is 16.5. The van der Waals surface area contributed by atoms with Crippen LogP contribution in [0.4, 0.5) is 0 Å². The Morgan fingerprint density at radius 1 is 1.06 bits per heavy atom. The summed E-state index contributed by atoms with van der Waals surface area (Å²) >= 11 is 0. The van der Waals surface area contributed by atoms with E-state index in [9.17, 15) is 4.79 Å². The summed E-state index contributed by atoms with van der Waals surface area (Å²) in [5, 5.41) is 7.77. The van der Waals surface area contributed by atoms with Crippen LogP contribution in [0.5, 0.6) is 11.6 Å². The Balaban J connectivity index is 1.45. The van der Waals surface area contributed by atoms with Gasteiger partial charge in [-0.2, -0.15) is 9.36 Å². The predicted molar refractivity (Wildman–Crippen MR) is 115 cm³/mol. The molecule has 1 aliphatic rings. The first-order valence-electron chi connectivity index (χ1n) is 10.0. The van der Waals surface area contributed by atoms with Crippen LogP contribution in [0.1, 0.15) is 16.7 Å². The van der Waals surface area contributed by atoms with Crippen molar-refractivity contribution < 1.29 is 9.47 Å². The Hall–Kier alpha value is -3.94. The van der Waals surface area contributed by atoms with Crippen molar-refractivity contribution >= 4 is 0 Å². The molecule has 3 heterocycles. The number of hydrogen-bond donors (Lipinski definition) is 0. The van der Waals surface area contributed by atoms with Gasteiger partial charge < -0.3 is 9.47 Å². The molecule has 8 heteroatoms. The zero-order valence-electron chi connectivity index (χ0n) is 17.3. The van der Waals surface area contributed by atoms with Crippen LogP contribution in [0.15, 0.2) is 59.4 Å². The van der Waals surface area contributed by atoms with Gasteiger partial charge >= 0.3 is 5.69 Å². The Morgan fingerprint density at radius 3 is 2.74 bits per heavy atom. The third kappa shape index (κ3) is 3.46. The molecule has 0 radical (unpaired) electrons. The second kappa shape index (κ2) is 7.71. The lowest BCUT2D eigenvalue weighted by Gasteiger charge is -2.13. The summed E-state index contributed by atoms with van der Waals surface area (Å²) in [5.41, 5.74) is 5.12. The van der Waals surface area contributed by atoms with E-state index in [0.29, 0.717) is 18.2 Å². The fourth-order valence-corrected chi connectivity index (χ4v) is 3.75. The van der Waals surface area contributed by atoms with Crippen molar-refractivity contribution in [3.8, 4) is 28.6 Å². The normalized spacial score (nSPS) is 12.5. The molecule has 156 valence electrons. The van der Waals surface area contributed by atoms with Crippen LogP contribution < -0.4 is 15.2 Å². The van der Waals surface area contributed by atoms with Crippen LogP contribution in [0.3, 0.4) is 0 Å². The van der Waals surface area contributed by atoms with Gasteiger partial charge in [0.05, 0.1) is 18.0 Å². The second-order valence-corrected chi connectivity index (χ2v) is 7.41. The number of aromatic nitrogens is 5. The molecule has 0 fully saturated rings. The summed E-state index contributed by atoms with van der Waals surface area (Å²) in [7, 11) is 1.57. The first-order valence-corrected chi connectivity index (χ1v) is 10.0. The largest absolute Gasteiger partial charge is 0.492 e. The number of para-hydroxylation sites is 1. The molecule has 8 nitrogen and oxygen atoms in total. The fraction of sp³-hybridized carbons (Fsp3) is 0.217. The first-order chi connectivity index (χ1) is 15.1. The van der Waals surface area contributed by atoms with Crippen molar-refractivity contribution in [2.75, 3.05) is 6.61 Å². The van der Waals surface area contributed by atoms with Gasteiger partial charge in [0.2, 0.25) is 5.88 Å². The molecule has 5 rings (SSSR count). The van der Waals surface area contributed by atoms with Gasteiger partial charge in [0.15, 0.2) is 0 Å². The van der Waals surface area contributed by atoms with E-state index in [1.165, 1.54) is 14.9 Å². The van der Waals surface area contributed by atoms with E-state index in [1.54, 1.807) is 7.05 Å². The standard InChI is InChI=1S/C23H21N5O3/c1-15-6-3-10-20(28-23(29)27(2)25-26-28)18(15)14-31-21-11-5-9-19(24-21)17-8-4-7-16-12-13-30-22(16)17/h3-11H,12-14H2,1-2H3. The molecule has 0 amide bonds. The van der Waals surface area contributed by atoms with E-state index >= 15 is 0 Å². The van der Waals surface area contributed by atoms with Crippen LogP contribution >= 0.6 is 0 Å². The van der Waals surface area contributed by atoms with Crippen LogP contribution in [0, 0.1) is 6.92 Å². The van der Waals surface area contributed by atoms with Gasteiger partial charge in [-0.1, -0.05) is 30.3 Å². The summed E-state index contributed by atoms with van der Waals surface area (Å²) in [6.07, 6.45) is 0.914. The number of ether oxygens (including phenoxy) is 2. The molecule has 0 N–H and O–H groups in total. The minimum Gasteiger partial charge on any atom is -0.492 e. The van der Waals surface area contributed by atoms with Crippen molar-refractivity contribution in [2.45, 2.75) is 20.0 Å². The number of rotatable bonds is 5. The smallest absolute Gasteiger partial charge is 0.368 e. The molecule has 0 bridgehead atoms. The quantitative estimate of drug-likeness (QED) is 0.498. The third-order valence-corrected chi connectivity index (χ3v) is 5.41. The maximum absolute atomic E-state index is 12.3. The van der Waals surface area contributed by atoms with Crippen LogP contribution in [0.25, 0.3) is 16.9 Å². The van der Waals surface area contributed by atoms with Gasteiger partial charge in [0.25, 0.3) is 0 Å². The molecule has 31 heavy (non-hydrogen) atoms. The molecule has 0 spiro atoms. The molecule has 0 saturated heterocycles. The van der Waals surface area contributed by atoms with Crippen LogP contribution in [-0.2, 0) is 20.1 Å². The van der Waals surface area contributed by atoms with Crippen molar-refractivity contribution in [1.82, 2.24) is 24.8 Å². The summed E-state index contributed by atoms with van der Waals surface area (Å²) in [5.74, 6) is 1.39. The molecule has 2 aromatic carbocycles. The lowest BCUT2D eigenvalue weighted by molar-refractivity contribution is 0.293. The maximum Gasteiger partial charge on any atom is 0.368 e. The molecule has 1 aliphatic heterocycles. The number of nitrogens with zero attached hydrogens (tertiary/aromatic N) is 5. The zero-order valence-corrected chi connectivity index (χ0v) is 17.3. The molecule has 4 aromatic rings. The minimum absolute atomic E-state index is 0.241. The topological polar surface area (TPSA) is 84.1 Å². The first kappa shape index (κ1) is 19.0. The number of tetrazole rings is 1. The van der Waals surface area contributed by atoms with Crippen molar-refractivity contribution in [1.29, 1.82) is 0 Å². The van der Waals surface area contributed by atoms with E-state index in [1.807, 2.05) is 55.5 Å². The van der Waals surface area contributed by atoms with Gasteiger partial charge in [-0.25, -0.2) is 9.78 Å². The number of hydrogen-bond acceptors (Lipinski definition) is 6. The molecule has 2 aromatic heterocycles. The zero-order chi connectivity index (χ0) is 21.4. The summed E-state index contributed by atoms with van der Waals surface area (Å²) in [4.78, 5) is 17.0. The Bertz CT molecular complexity index is 1330. The molecule has 0 saturated carbocycles. The second-order valence-electron chi connectivity index (χ2n) is 7.41. The van der Waals surface area contributed by atoms with Crippen LogP contribution in [-0.4, -0.2) is 31.4 Å².